The van der Waals surface area contributed by atoms with Gasteiger partial charge in [-0.25, -0.2) is 4.98 Å². The largest absolute Gasteiger partial charge is 0.347 e. The summed E-state index contributed by atoms with van der Waals surface area (Å²) in [6.07, 6.45) is 8.44. The average molecular weight is 300 g/mol. The number of anilines is 1. The number of nitrogens with zero attached hydrogens (tertiary/aromatic N) is 5. The number of nitrogens with one attached hydrogen (secondary N) is 1. The highest BCUT2D eigenvalue weighted by molar-refractivity contribution is 5.92. The molecule has 0 aromatic carbocycles. The van der Waals surface area contributed by atoms with Crippen LogP contribution in [0.4, 0.5) is 5.82 Å². The van der Waals surface area contributed by atoms with Gasteiger partial charge in [0.05, 0.1) is 17.9 Å². The van der Waals surface area contributed by atoms with Crippen molar-refractivity contribution < 1.29 is 4.79 Å². The Kier molecular flexibility index (Phi) is 4.04. The number of hydrogen-bond donors (Lipinski definition) is 1. The van der Waals surface area contributed by atoms with Crippen LogP contribution in [0.25, 0.3) is 0 Å². The van der Waals surface area contributed by atoms with Crippen LogP contribution >= 0.6 is 0 Å². The van der Waals surface area contributed by atoms with Gasteiger partial charge in [-0.05, 0) is 25.3 Å². The molecule has 3 heterocycles. The fraction of sp³-hybridized carbons (Fsp3) is 0.467. The van der Waals surface area contributed by atoms with Gasteiger partial charge in [-0.1, -0.05) is 0 Å². The van der Waals surface area contributed by atoms with E-state index in [-0.39, 0.29) is 11.9 Å². The third-order valence-electron chi connectivity index (χ3n) is 3.93. The van der Waals surface area contributed by atoms with Crippen LogP contribution in [0.1, 0.15) is 41.5 Å². The molecular weight excluding hydrogens is 280 g/mol. The predicted molar refractivity (Wildman–Crippen MR) is 82.6 cm³/mol. The molecule has 2 aromatic heterocycles. The van der Waals surface area contributed by atoms with Crippen LogP contribution in [-0.2, 0) is 0 Å². The summed E-state index contributed by atoms with van der Waals surface area (Å²) in [5, 5.41) is 7.19. The highest BCUT2D eigenvalue weighted by atomic mass is 16.2. The molecule has 116 valence electrons. The Morgan fingerprint density at radius 1 is 1.36 bits per heavy atom. The molecule has 2 aromatic rings. The number of carbonyl (C=O) groups excluding carboxylic acids is 1. The van der Waals surface area contributed by atoms with Gasteiger partial charge in [0.2, 0.25) is 0 Å². The van der Waals surface area contributed by atoms with Gasteiger partial charge in [-0.2, -0.15) is 5.10 Å². The SMILES string of the molecule is CN(C)C(=O)c1cc(C2CCCCN2c2cnccn2)[nH]n1. The van der Waals surface area contributed by atoms with Crippen molar-refractivity contribution in [3.8, 4) is 0 Å². The summed E-state index contributed by atoms with van der Waals surface area (Å²) in [5.41, 5.74) is 1.40. The molecule has 0 radical (unpaired) electrons. The van der Waals surface area contributed by atoms with E-state index in [1.54, 1.807) is 32.7 Å². The Bertz CT molecular complexity index is 638. The molecule has 0 saturated carbocycles. The van der Waals surface area contributed by atoms with E-state index in [1.807, 2.05) is 6.07 Å². The van der Waals surface area contributed by atoms with E-state index in [1.165, 1.54) is 4.90 Å². The maximum Gasteiger partial charge on any atom is 0.273 e. The predicted octanol–water partition coefficient (Wildman–Crippen LogP) is 1.63. The van der Waals surface area contributed by atoms with Gasteiger partial charge >= 0.3 is 0 Å². The lowest BCUT2D eigenvalue weighted by molar-refractivity contribution is 0.0822. The molecule has 1 atom stereocenters. The summed E-state index contributed by atoms with van der Waals surface area (Å²) in [6.45, 7) is 0.930. The third kappa shape index (κ3) is 2.79. The lowest BCUT2D eigenvalue weighted by Crippen LogP contribution is -2.34. The number of piperidine rings is 1. The van der Waals surface area contributed by atoms with Crippen molar-refractivity contribution in [1.29, 1.82) is 0 Å². The van der Waals surface area contributed by atoms with E-state index in [9.17, 15) is 4.79 Å². The summed E-state index contributed by atoms with van der Waals surface area (Å²) in [5.74, 6) is 0.770. The molecule has 1 unspecified atom stereocenters. The molecule has 7 heteroatoms. The van der Waals surface area contributed by atoms with E-state index in [0.29, 0.717) is 5.69 Å². The fourth-order valence-electron chi connectivity index (χ4n) is 2.81. The molecule has 1 amide bonds. The van der Waals surface area contributed by atoms with Crippen molar-refractivity contribution in [1.82, 2.24) is 25.1 Å². The Morgan fingerprint density at radius 3 is 2.95 bits per heavy atom. The number of hydrogen-bond acceptors (Lipinski definition) is 5. The molecular formula is C15H20N6O. The van der Waals surface area contributed by atoms with Crippen LogP contribution in [0.5, 0.6) is 0 Å². The molecule has 7 nitrogen and oxygen atoms in total. The van der Waals surface area contributed by atoms with E-state index in [2.05, 4.69) is 25.1 Å². The van der Waals surface area contributed by atoms with E-state index in [4.69, 9.17) is 0 Å². The third-order valence-corrected chi connectivity index (χ3v) is 3.93. The molecule has 0 bridgehead atoms. The zero-order valence-corrected chi connectivity index (χ0v) is 12.9. The molecule has 0 aliphatic carbocycles. The fourth-order valence-corrected chi connectivity index (χ4v) is 2.81. The quantitative estimate of drug-likeness (QED) is 0.932. The minimum Gasteiger partial charge on any atom is -0.347 e. The summed E-state index contributed by atoms with van der Waals surface area (Å²) in [7, 11) is 3.45. The number of H-pyrrole nitrogens is 1. The standard InChI is InChI=1S/C15H20N6O/c1-20(2)15(22)12-9-11(18-19-12)13-5-3-4-8-21(13)14-10-16-6-7-17-14/h6-7,9-10,13H,3-5,8H2,1-2H3,(H,18,19). The van der Waals surface area contributed by atoms with Gasteiger partial charge in [0.15, 0.2) is 0 Å². The van der Waals surface area contributed by atoms with Crippen LogP contribution < -0.4 is 4.90 Å². The van der Waals surface area contributed by atoms with Crippen molar-refractivity contribution in [2.24, 2.45) is 0 Å². The number of rotatable bonds is 3. The molecule has 0 spiro atoms. The number of amides is 1. The molecule has 1 N–H and O–H groups in total. The second-order valence-corrected chi connectivity index (χ2v) is 5.68. The van der Waals surface area contributed by atoms with Crippen molar-refractivity contribution in [2.45, 2.75) is 25.3 Å². The van der Waals surface area contributed by atoms with Gasteiger partial charge in [0.25, 0.3) is 5.91 Å². The van der Waals surface area contributed by atoms with E-state index in [0.717, 1.165) is 37.3 Å². The van der Waals surface area contributed by atoms with Gasteiger partial charge in [0.1, 0.15) is 11.5 Å². The summed E-state index contributed by atoms with van der Waals surface area (Å²) < 4.78 is 0. The monoisotopic (exact) mass is 300 g/mol. The minimum absolute atomic E-state index is 0.0932. The first kappa shape index (κ1) is 14.5. The number of aromatic amines is 1. The van der Waals surface area contributed by atoms with Crippen molar-refractivity contribution >= 4 is 11.7 Å². The van der Waals surface area contributed by atoms with Crippen LogP contribution in [0.3, 0.4) is 0 Å². The van der Waals surface area contributed by atoms with Crippen LogP contribution in [0.2, 0.25) is 0 Å². The van der Waals surface area contributed by atoms with Gasteiger partial charge in [-0.3, -0.25) is 14.9 Å². The first-order valence-corrected chi connectivity index (χ1v) is 7.46. The summed E-state index contributed by atoms with van der Waals surface area (Å²) in [6, 6.07) is 2.00. The highest BCUT2D eigenvalue weighted by Gasteiger charge is 2.27. The first-order valence-electron chi connectivity index (χ1n) is 7.46. The van der Waals surface area contributed by atoms with Crippen LogP contribution in [-0.4, -0.2) is 51.6 Å². The van der Waals surface area contributed by atoms with Crippen LogP contribution in [0, 0.1) is 0 Å². The normalized spacial score (nSPS) is 18.3. The molecule has 1 saturated heterocycles. The number of aromatic nitrogens is 4. The molecule has 1 fully saturated rings. The van der Waals surface area contributed by atoms with E-state index < -0.39 is 0 Å². The second-order valence-electron chi connectivity index (χ2n) is 5.68. The summed E-state index contributed by atoms with van der Waals surface area (Å²) >= 11 is 0. The maximum atomic E-state index is 12.0. The Morgan fingerprint density at radius 2 is 2.23 bits per heavy atom. The molecule has 3 rings (SSSR count). The van der Waals surface area contributed by atoms with Gasteiger partial charge in [0, 0.05) is 33.0 Å². The molecule has 1 aliphatic heterocycles. The van der Waals surface area contributed by atoms with E-state index >= 15 is 0 Å². The topological polar surface area (TPSA) is 78.0 Å². The smallest absolute Gasteiger partial charge is 0.273 e. The lowest BCUT2D eigenvalue weighted by Gasteiger charge is -2.35. The molecule has 22 heavy (non-hydrogen) atoms. The van der Waals surface area contributed by atoms with Crippen molar-refractivity contribution in [2.75, 3.05) is 25.5 Å². The second kappa shape index (κ2) is 6.13. The van der Waals surface area contributed by atoms with Crippen molar-refractivity contribution in [3.63, 3.8) is 0 Å². The first-order chi connectivity index (χ1) is 10.7. The average Bonchev–Trinajstić information content (AvgIpc) is 3.04. The Labute approximate surface area is 129 Å². The zero-order chi connectivity index (χ0) is 15.5. The zero-order valence-electron chi connectivity index (χ0n) is 12.9. The van der Waals surface area contributed by atoms with Crippen molar-refractivity contribution in [3.05, 3.63) is 36.0 Å². The summed E-state index contributed by atoms with van der Waals surface area (Å²) in [4.78, 5) is 24.3. The van der Waals surface area contributed by atoms with Crippen LogP contribution in [0.15, 0.2) is 24.7 Å². The molecule has 1 aliphatic rings. The minimum atomic E-state index is -0.0932. The van der Waals surface area contributed by atoms with Gasteiger partial charge in [-0.15, -0.1) is 0 Å². The number of carbonyl (C=O) groups is 1. The lowest BCUT2D eigenvalue weighted by atomic mass is 9.99. The highest BCUT2D eigenvalue weighted by Crippen LogP contribution is 2.33. The maximum absolute atomic E-state index is 12.0. The van der Waals surface area contributed by atoms with Gasteiger partial charge < -0.3 is 9.80 Å². The Balaban J connectivity index is 1.87. The Hall–Kier alpha value is -2.44.